The Bertz CT molecular complexity index is 544. The van der Waals surface area contributed by atoms with Crippen LogP contribution in [0.25, 0.3) is 0 Å². The Morgan fingerprint density at radius 3 is 2.39 bits per heavy atom. The molecule has 0 bridgehead atoms. The van der Waals surface area contributed by atoms with E-state index in [-0.39, 0.29) is 0 Å². The molecular formula is C23H34. The molecule has 0 radical (unpaired) electrons. The third kappa shape index (κ3) is 6.22. The first-order valence-corrected chi connectivity index (χ1v) is 9.20. The second-order valence-corrected chi connectivity index (χ2v) is 6.33. The minimum atomic E-state index is 1.16. The average molecular weight is 311 g/mol. The largest absolute Gasteiger partial charge is 0.0991 e. The molecule has 23 heavy (non-hydrogen) atoms. The summed E-state index contributed by atoms with van der Waals surface area (Å²) in [6.07, 6.45) is 18.7. The van der Waals surface area contributed by atoms with Crippen LogP contribution in [0.5, 0.6) is 0 Å². The van der Waals surface area contributed by atoms with Crippen molar-refractivity contribution in [2.24, 2.45) is 0 Å². The van der Waals surface area contributed by atoms with Crippen LogP contribution in [-0.2, 0) is 19.3 Å². The molecule has 1 aromatic carbocycles. The first-order chi connectivity index (χ1) is 11.2. The van der Waals surface area contributed by atoms with Crippen molar-refractivity contribution in [2.45, 2.75) is 72.6 Å². The Kier molecular flexibility index (Phi) is 9.36. The molecule has 0 saturated carbocycles. The second kappa shape index (κ2) is 11.0. The van der Waals surface area contributed by atoms with Crippen molar-refractivity contribution in [3.8, 4) is 0 Å². The zero-order valence-electron chi connectivity index (χ0n) is 15.6. The summed E-state index contributed by atoms with van der Waals surface area (Å²) < 4.78 is 0. The average Bonchev–Trinajstić information content (AvgIpc) is 2.54. The molecule has 0 aliphatic carbocycles. The lowest BCUT2D eigenvalue weighted by Gasteiger charge is -2.18. The maximum absolute atomic E-state index is 3.67. The van der Waals surface area contributed by atoms with E-state index in [1.807, 2.05) is 18.2 Å². The van der Waals surface area contributed by atoms with Crippen LogP contribution in [0.3, 0.4) is 0 Å². The maximum Gasteiger partial charge on any atom is -0.0276 e. The lowest BCUT2D eigenvalue weighted by Crippen LogP contribution is -2.04. The number of aryl methyl sites for hydroxylation is 2. The zero-order chi connectivity index (χ0) is 17.1. The summed E-state index contributed by atoms with van der Waals surface area (Å²) in [7, 11) is 0. The molecule has 0 aromatic heterocycles. The summed E-state index contributed by atoms with van der Waals surface area (Å²) in [4.78, 5) is 0. The van der Waals surface area contributed by atoms with Gasteiger partial charge in [0.15, 0.2) is 0 Å². The van der Waals surface area contributed by atoms with Crippen molar-refractivity contribution in [1.82, 2.24) is 0 Å². The maximum atomic E-state index is 3.67. The van der Waals surface area contributed by atoms with E-state index in [0.717, 1.165) is 12.8 Å². The van der Waals surface area contributed by atoms with Gasteiger partial charge in [0.2, 0.25) is 0 Å². The predicted molar refractivity (Wildman–Crippen MR) is 105 cm³/mol. The lowest BCUT2D eigenvalue weighted by molar-refractivity contribution is 0.741. The summed E-state index contributed by atoms with van der Waals surface area (Å²) in [6, 6.07) is 2.45. The molecule has 0 nitrogen and oxygen atoms in total. The van der Waals surface area contributed by atoms with Crippen molar-refractivity contribution in [3.05, 3.63) is 70.8 Å². The van der Waals surface area contributed by atoms with Crippen molar-refractivity contribution < 1.29 is 0 Å². The van der Waals surface area contributed by atoms with Gasteiger partial charge in [0.25, 0.3) is 0 Å². The molecule has 0 unspecified atom stereocenters. The Morgan fingerprint density at radius 1 is 0.957 bits per heavy atom. The Balaban J connectivity index is 2.64. The van der Waals surface area contributed by atoms with E-state index in [4.69, 9.17) is 0 Å². The highest BCUT2D eigenvalue weighted by molar-refractivity contribution is 5.45. The standard InChI is InChI=1S/C23H34/c1-6-9-10-11-12-13-14-15-17-21-18-19(4)23(16-7-2)22(8-3)20(21)5/h6,9-12,18H,1,7-8,13-17H2,2-5H3/b10-9-,12-11-. The highest BCUT2D eigenvalue weighted by atomic mass is 14.2. The van der Waals surface area contributed by atoms with Crippen LogP contribution in [0.4, 0.5) is 0 Å². The summed E-state index contributed by atoms with van der Waals surface area (Å²) >= 11 is 0. The molecule has 126 valence electrons. The topological polar surface area (TPSA) is 0 Å². The second-order valence-electron chi connectivity index (χ2n) is 6.33. The molecule has 1 rings (SSSR count). The van der Waals surface area contributed by atoms with Crippen LogP contribution >= 0.6 is 0 Å². The minimum Gasteiger partial charge on any atom is -0.0991 e. The third-order valence-corrected chi connectivity index (χ3v) is 4.58. The Labute approximate surface area is 144 Å². The van der Waals surface area contributed by atoms with Gasteiger partial charge in [-0.2, -0.15) is 0 Å². The van der Waals surface area contributed by atoms with Crippen LogP contribution in [0.1, 0.15) is 67.3 Å². The fourth-order valence-electron chi connectivity index (χ4n) is 3.35. The molecule has 0 heteroatoms. The molecule has 0 amide bonds. The highest BCUT2D eigenvalue weighted by Crippen LogP contribution is 2.26. The van der Waals surface area contributed by atoms with Gasteiger partial charge in [-0.15, -0.1) is 0 Å². The summed E-state index contributed by atoms with van der Waals surface area (Å²) in [5, 5.41) is 0. The van der Waals surface area contributed by atoms with Crippen LogP contribution in [0.15, 0.2) is 43.0 Å². The molecule has 0 heterocycles. The molecule has 0 spiro atoms. The van der Waals surface area contributed by atoms with Crippen molar-refractivity contribution in [1.29, 1.82) is 0 Å². The SMILES string of the molecule is C=C/C=C\C=C/CCCCc1cc(C)c(CCC)c(CC)c1C. The quantitative estimate of drug-likeness (QED) is 0.328. The molecule has 1 aromatic rings. The molecule has 0 saturated heterocycles. The molecule has 0 N–H and O–H groups in total. The number of allylic oxidation sites excluding steroid dienone is 5. The summed E-state index contributed by atoms with van der Waals surface area (Å²) in [6.45, 7) is 12.9. The van der Waals surface area contributed by atoms with Crippen LogP contribution in [-0.4, -0.2) is 0 Å². The predicted octanol–water partition coefficient (Wildman–Crippen LogP) is 6.83. The van der Waals surface area contributed by atoms with Gasteiger partial charge < -0.3 is 0 Å². The van der Waals surface area contributed by atoms with E-state index < -0.39 is 0 Å². The number of hydrogen-bond donors (Lipinski definition) is 0. The van der Waals surface area contributed by atoms with E-state index in [0.29, 0.717) is 0 Å². The highest BCUT2D eigenvalue weighted by Gasteiger charge is 2.11. The monoisotopic (exact) mass is 310 g/mol. The Morgan fingerprint density at radius 2 is 1.74 bits per heavy atom. The van der Waals surface area contributed by atoms with Crippen LogP contribution in [0.2, 0.25) is 0 Å². The van der Waals surface area contributed by atoms with Gasteiger partial charge in [-0.05, 0) is 80.2 Å². The first-order valence-electron chi connectivity index (χ1n) is 9.20. The molecule has 0 aliphatic rings. The van der Waals surface area contributed by atoms with Crippen molar-refractivity contribution in [3.63, 3.8) is 0 Å². The normalized spacial score (nSPS) is 11.7. The molecule has 0 fully saturated rings. The van der Waals surface area contributed by atoms with Gasteiger partial charge in [-0.3, -0.25) is 0 Å². The number of unbranched alkanes of at least 4 members (excludes halogenated alkanes) is 2. The number of hydrogen-bond acceptors (Lipinski definition) is 0. The van der Waals surface area contributed by atoms with Crippen LogP contribution in [0, 0.1) is 13.8 Å². The minimum absolute atomic E-state index is 1.16. The lowest BCUT2D eigenvalue weighted by atomic mass is 9.87. The first kappa shape index (κ1) is 19.5. The zero-order valence-corrected chi connectivity index (χ0v) is 15.6. The fourth-order valence-corrected chi connectivity index (χ4v) is 3.35. The van der Waals surface area contributed by atoms with E-state index in [1.165, 1.54) is 37.7 Å². The Hall–Kier alpha value is -1.56. The smallest absolute Gasteiger partial charge is 0.0276 e. The van der Waals surface area contributed by atoms with Crippen LogP contribution < -0.4 is 0 Å². The van der Waals surface area contributed by atoms with Gasteiger partial charge >= 0.3 is 0 Å². The van der Waals surface area contributed by atoms with E-state index in [2.05, 4.69) is 52.5 Å². The van der Waals surface area contributed by atoms with Gasteiger partial charge in [-0.1, -0.05) is 63.3 Å². The van der Waals surface area contributed by atoms with Gasteiger partial charge in [-0.25, -0.2) is 0 Å². The summed E-state index contributed by atoms with van der Waals surface area (Å²) in [5.74, 6) is 0. The summed E-state index contributed by atoms with van der Waals surface area (Å²) in [5.41, 5.74) is 7.82. The van der Waals surface area contributed by atoms with Gasteiger partial charge in [0, 0.05) is 0 Å². The van der Waals surface area contributed by atoms with Crippen molar-refractivity contribution in [2.75, 3.05) is 0 Å². The van der Waals surface area contributed by atoms with Gasteiger partial charge in [0.1, 0.15) is 0 Å². The van der Waals surface area contributed by atoms with E-state index >= 15 is 0 Å². The number of rotatable bonds is 10. The van der Waals surface area contributed by atoms with E-state index in [9.17, 15) is 0 Å². The van der Waals surface area contributed by atoms with Crippen molar-refractivity contribution >= 4 is 0 Å². The molecular weight excluding hydrogens is 276 g/mol. The van der Waals surface area contributed by atoms with E-state index in [1.54, 1.807) is 22.3 Å². The molecule has 0 atom stereocenters. The number of benzene rings is 1. The fraction of sp³-hybridized carbons (Fsp3) is 0.478. The third-order valence-electron chi connectivity index (χ3n) is 4.58. The molecule has 0 aliphatic heterocycles. The van der Waals surface area contributed by atoms with Gasteiger partial charge in [0.05, 0.1) is 0 Å².